The van der Waals surface area contributed by atoms with Gasteiger partial charge in [0.25, 0.3) is 5.91 Å². The van der Waals surface area contributed by atoms with E-state index in [9.17, 15) is 17.6 Å². The molecule has 166 valence electrons. The van der Waals surface area contributed by atoms with Crippen LogP contribution in [0.15, 0.2) is 71.6 Å². The number of rotatable bonds is 5. The zero-order chi connectivity index (χ0) is 22.7. The van der Waals surface area contributed by atoms with Crippen molar-refractivity contribution in [2.45, 2.75) is 24.9 Å². The molecule has 6 nitrogen and oxygen atoms in total. The average Bonchev–Trinajstić information content (AvgIpc) is 3.01. The van der Waals surface area contributed by atoms with E-state index in [1.54, 1.807) is 18.2 Å². The smallest absolute Gasteiger partial charge is 0.251 e. The average molecular weight is 455 g/mol. The highest BCUT2D eigenvalue weighted by Gasteiger charge is 2.30. The van der Waals surface area contributed by atoms with Gasteiger partial charge in [0.05, 0.1) is 0 Å². The number of halogens is 1. The molecule has 32 heavy (non-hydrogen) atoms. The van der Waals surface area contributed by atoms with Crippen LogP contribution in [0.5, 0.6) is 5.75 Å². The molecule has 8 heteroatoms. The Bertz CT molecular complexity index is 1240. The van der Waals surface area contributed by atoms with Crippen molar-refractivity contribution in [1.29, 1.82) is 0 Å². The van der Waals surface area contributed by atoms with Gasteiger partial charge >= 0.3 is 0 Å². The standard InChI is InChI=1S/C24H23FN2O4S/c1-17-6-8-18(9-7-17)15-26-24(28)19-10-11-22-20(14-19)16-27(12-13-31-22)32(29,30)23-5-3-2-4-21(23)25/h2-11,14H,12-13,15-16H2,1H3,(H,26,28). The number of ether oxygens (including phenoxy) is 1. The van der Waals surface area contributed by atoms with Crippen LogP contribution in [0.1, 0.15) is 27.0 Å². The highest BCUT2D eigenvalue weighted by Crippen LogP contribution is 2.28. The van der Waals surface area contributed by atoms with E-state index in [1.807, 2.05) is 31.2 Å². The van der Waals surface area contributed by atoms with Gasteiger partial charge in [0.1, 0.15) is 23.1 Å². The molecule has 0 saturated carbocycles. The summed E-state index contributed by atoms with van der Waals surface area (Å²) in [5, 5.41) is 2.87. The molecule has 0 unspecified atom stereocenters. The van der Waals surface area contributed by atoms with Crippen molar-refractivity contribution in [1.82, 2.24) is 9.62 Å². The molecule has 3 aromatic rings. The van der Waals surface area contributed by atoms with Crippen LogP contribution in [0.2, 0.25) is 0 Å². The Kier molecular flexibility index (Phi) is 6.25. The number of nitrogens with one attached hydrogen (secondary N) is 1. The molecule has 1 heterocycles. The molecule has 1 N–H and O–H groups in total. The van der Waals surface area contributed by atoms with E-state index in [2.05, 4.69) is 5.32 Å². The molecule has 0 aromatic heterocycles. The van der Waals surface area contributed by atoms with Gasteiger partial charge in [0, 0.05) is 30.8 Å². The lowest BCUT2D eigenvalue weighted by Crippen LogP contribution is -2.33. The predicted molar refractivity (Wildman–Crippen MR) is 118 cm³/mol. The number of sulfonamides is 1. The van der Waals surface area contributed by atoms with Crippen LogP contribution in [0.4, 0.5) is 4.39 Å². The minimum atomic E-state index is -4.06. The summed E-state index contributed by atoms with van der Waals surface area (Å²) in [6.45, 7) is 2.54. The lowest BCUT2D eigenvalue weighted by atomic mass is 10.1. The number of hydrogen-bond acceptors (Lipinski definition) is 4. The minimum absolute atomic E-state index is 0.0227. The summed E-state index contributed by atoms with van der Waals surface area (Å²) in [6, 6.07) is 18.1. The first-order valence-electron chi connectivity index (χ1n) is 10.2. The SMILES string of the molecule is Cc1ccc(CNC(=O)c2ccc3c(c2)CN(S(=O)(=O)c2ccccc2F)CCO3)cc1. The van der Waals surface area contributed by atoms with Gasteiger partial charge < -0.3 is 10.1 Å². The second kappa shape index (κ2) is 9.10. The van der Waals surface area contributed by atoms with E-state index in [0.29, 0.717) is 23.4 Å². The topological polar surface area (TPSA) is 75.7 Å². The Morgan fingerprint density at radius 2 is 1.84 bits per heavy atom. The second-order valence-electron chi connectivity index (χ2n) is 7.61. The summed E-state index contributed by atoms with van der Waals surface area (Å²) in [5.74, 6) is -0.574. The number of nitrogens with zero attached hydrogens (tertiary/aromatic N) is 1. The maximum Gasteiger partial charge on any atom is 0.251 e. The first-order valence-corrected chi connectivity index (χ1v) is 11.6. The normalized spacial score (nSPS) is 14.2. The van der Waals surface area contributed by atoms with Crippen molar-refractivity contribution in [2.75, 3.05) is 13.2 Å². The fourth-order valence-corrected chi connectivity index (χ4v) is 4.97. The highest BCUT2D eigenvalue weighted by atomic mass is 32.2. The molecule has 1 amide bonds. The van der Waals surface area contributed by atoms with Gasteiger partial charge in [-0.2, -0.15) is 4.31 Å². The largest absolute Gasteiger partial charge is 0.492 e. The first kappa shape index (κ1) is 22.0. The number of carbonyl (C=O) groups is 1. The lowest BCUT2D eigenvalue weighted by molar-refractivity contribution is 0.0950. The molecule has 0 bridgehead atoms. The van der Waals surface area contributed by atoms with Crippen molar-refractivity contribution in [3.8, 4) is 5.75 Å². The number of hydrogen-bond donors (Lipinski definition) is 1. The fourth-order valence-electron chi connectivity index (χ4n) is 3.50. The van der Waals surface area contributed by atoms with Crippen molar-refractivity contribution < 1.29 is 22.3 Å². The van der Waals surface area contributed by atoms with Gasteiger partial charge in [-0.3, -0.25) is 4.79 Å². The summed E-state index contributed by atoms with van der Waals surface area (Å²) >= 11 is 0. The van der Waals surface area contributed by atoms with Crippen LogP contribution in [0, 0.1) is 12.7 Å². The lowest BCUT2D eigenvalue weighted by Gasteiger charge is -2.20. The van der Waals surface area contributed by atoms with Crippen LogP contribution >= 0.6 is 0 Å². The molecule has 3 aromatic carbocycles. The summed E-state index contributed by atoms with van der Waals surface area (Å²) in [5.41, 5.74) is 3.06. The third-order valence-corrected chi connectivity index (χ3v) is 7.17. The van der Waals surface area contributed by atoms with Crippen LogP contribution in [0.3, 0.4) is 0 Å². The summed E-state index contributed by atoms with van der Waals surface area (Å²) in [7, 11) is -4.06. The molecule has 0 radical (unpaired) electrons. The van der Waals surface area contributed by atoms with Gasteiger partial charge in [-0.1, -0.05) is 42.0 Å². The van der Waals surface area contributed by atoms with Crippen LogP contribution in [0.25, 0.3) is 0 Å². The van der Waals surface area contributed by atoms with E-state index in [0.717, 1.165) is 17.2 Å². The molecular weight excluding hydrogens is 431 g/mol. The first-order chi connectivity index (χ1) is 15.3. The number of aryl methyl sites for hydroxylation is 1. The molecular formula is C24H23FN2O4S. The van der Waals surface area contributed by atoms with Crippen molar-refractivity contribution in [3.05, 3.63) is 94.8 Å². The van der Waals surface area contributed by atoms with Crippen LogP contribution in [-0.2, 0) is 23.1 Å². The molecule has 0 fully saturated rings. The molecule has 4 rings (SSSR count). The number of amides is 1. The summed E-state index contributed by atoms with van der Waals surface area (Å²) in [4.78, 5) is 12.3. The quantitative estimate of drug-likeness (QED) is 0.639. The number of carbonyl (C=O) groups excluding carboxylic acids is 1. The Balaban J connectivity index is 1.54. The fraction of sp³-hybridized carbons (Fsp3) is 0.208. The van der Waals surface area contributed by atoms with Gasteiger partial charge in [-0.15, -0.1) is 0 Å². The Morgan fingerprint density at radius 3 is 2.59 bits per heavy atom. The Labute approximate surface area is 186 Å². The van der Waals surface area contributed by atoms with Crippen molar-refractivity contribution in [3.63, 3.8) is 0 Å². The zero-order valence-electron chi connectivity index (χ0n) is 17.5. The van der Waals surface area contributed by atoms with Crippen LogP contribution < -0.4 is 10.1 Å². The predicted octanol–water partition coefficient (Wildman–Crippen LogP) is 3.65. The summed E-state index contributed by atoms with van der Waals surface area (Å²) < 4.78 is 47.1. The van der Waals surface area contributed by atoms with Gasteiger partial charge in [0.15, 0.2) is 0 Å². The maximum atomic E-state index is 14.2. The van der Waals surface area contributed by atoms with Gasteiger partial charge in [-0.25, -0.2) is 12.8 Å². The molecule has 1 aliphatic rings. The van der Waals surface area contributed by atoms with E-state index >= 15 is 0 Å². The second-order valence-corrected chi connectivity index (χ2v) is 9.51. The monoisotopic (exact) mass is 454 g/mol. The maximum absolute atomic E-state index is 14.2. The molecule has 0 spiro atoms. The minimum Gasteiger partial charge on any atom is -0.492 e. The highest BCUT2D eigenvalue weighted by molar-refractivity contribution is 7.89. The summed E-state index contributed by atoms with van der Waals surface area (Å²) in [6.07, 6.45) is 0. The third-order valence-electron chi connectivity index (χ3n) is 5.30. The van der Waals surface area contributed by atoms with Gasteiger partial charge in [0.2, 0.25) is 10.0 Å². The van der Waals surface area contributed by atoms with Crippen LogP contribution in [-0.4, -0.2) is 31.8 Å². The van der Waals surface area contributed by atoms with E-state index in [-0.39, 0.29) is 30.5 Å². The number of fused-ring (bicyclic) bond motifs is 1. The molecule has 0 aliphatic carbocycles. The van der Waals surface area contributed by atoms with E-state index < -0.39 is 15.8 Å². The van der Waals surface area contributed by atoms with E-state index in [1.165, 1.54) is 22.5 Å². The molecule has 0 saturated heterocycles. The zero-order valence-corrected chi connectivity index (χ0v) is 18.4. The van der Waals surface area contributed by atoms with Crippen molar-refractivity contribution >= 4 is 15.9 Å². The Hall–Kier alpha value is -3.23. The molecule has 1 aliphatic heterocycles. The van der Waals surface area contributed by atoms with Crippen molar-refractivity contribution in [2.24, 2.45) is 0 Å². The Morgan fingerprint density at radius 1 is 1.09 bits per heavy atom. The number of benzene rings is 3. The van der Waals surface area contributed by atoms with E-state index in [4.69, 9.17) is 4.74 Å². The molecule has 0 atom stereocenters. The third kappa shape index (κ3) is 4.66. The van der Waals surface area contributed by atoms with Gasteiger partial charge in [-0.05, 0) is 42.8 Å².